The number of hydrogen-bond donors (Lipinski definition) is 1. The third kappa shape index (κ3) is 4.05. The van der Waals surface area contributed by atoms with E-state index in [1.807, 2.05) is 0 Å². The maximum Gasteiger partial charge on any atom is 0.460 e. The van der Waals surface area contributed by atoms with E-state index in [0.717, 1.165) is 0 Å². The van der Waals surface area contributed by atoms with Crippen molar-refractivity contribution in [3.05, 3.63) is 42.0 Å². The van der Waals surface area contributed by atoms with Crippen LogP contribution in [0, 0.1) is 0 Å². The summed E-state index contributed by atoms with van der Waals surface area (Å²) in [6.45, 7) is 4.50. The first-order valence-electron chi connectivity index (χ1n) is 8.47. The molecule has 1 heterocycles. The standard InChI is InChI=1S/C14H13N.C4HF9O3S/c1-14(2)9-15-12-8-7-10-5-3-4-6-11(10)13(12)14;5-1(6,3(9,10)11)2(7,8)4(12,13)17(14,15)16/h3-9H,1-2H3;(H,14,15,16). The van der Waals surface area contributed by atoms with Gasteiger partial charge in [-0.1, -0.05) is 24.3 Å². The quantitative estimate of drug-likeness (QED) is 0.519. The van der Waals surface area contributed by atoms with Gasteiger partial charge in [-0.2, -0.15) is 39.5 Å². The number of benzene rings is 2. The predicted octanol–water partition coefficient (Wildman–Crippen LogP) is 3.87. The van der Waals surface area contributed by atoms with E-state index in [2.05, 4.69) is 61.5 Å². The fourth-order valence-electron chi connectivity index (χ4n) is 2.93. The summed E-state index contributed by atoms with van der Waals surface area (Å²) in [6, 6.07) is 12.9. The monoisotopic (exact) mass is 495 g/mol. The molecule has 2 aromatic rings. The molecule has 2 aromatic carbocycles. The van der Waals surface area contributed by atoms with Gasteiger partial charge in [-0.3, -0.25) is 0 Å². The van der Waals surface area contributed by atoms with Crippen LogP contribution in [0.4, 0.5) is 45.2 Å². The zero-order chi connectivity index (χ0) is 25.0. The first-order valence-corrected chi connectivity index (χ1v) is 9.88. The Hall–Kier alpha value is -2.35. The molecule has 1 aliphatic heterocycles. The highest BCUT2D eigenvalue weighted by molar-refractivity contribution is 7.86. The molecule has 178 valence electrons. The van der Waals surface area contributed by atoms with Gasteiger partial charge < -0.3 is 4.55 Å². The van der Waals surface area contributed by atoms with Crippen LogP contribution >= 0.6 is 0 Å². The fraction of sp³-hybridized carbons (Fsp3) is 0.389. The van der Waals surface area contributed by atoms with Gasteiger partial charge in [-0.15, -0.1) is 0 Å². The van der Waals surface area contributed by atoms with Crippen molar-refractivity contribution >= 4 is 32.8 Å². The second-order valence-corrected chi connectivity index (χ2v) is 8.76. The van der Waals surface area contributed by atoms with E-state index in [-0.39, 0.29) is 5.41 Å². The zero-order valence-corrected chi connectivity index (χ0v) is 16.9. The molecular formula is C18H14F9NO3S. The summed E-state index contributed by atoms with van der Waals surface area (Å²) in [7, 11) is -7.42. The van der Waals surface area contributed by atoms with E-state index in [0.29, 0.717) is 0 Å². The van der Waals surface area contributed by atoms with Crippen molar-refractivity contribution in [1.29, 1.82) is 0 Å². The first kappa shape index (κ1) is 25.9. The second-order valence-electron chi connectivity index (χ2n) is 7.34. The lowest BCUT2D eigenvalue weighted by Crippen LogP contribution is -2.63. The van der Waals surface area contributed by atoms with Crippen molar-refractivity contribution in [2.75, 3.05) is 0 Å². The van der Waals surface area contributed by atoms with Crippen LogP contribution in [0.5, 0.6) is 0 Å². The van der Waals surface area contributed by atoms with E-state index in [1.54, 1.807) is 0 Å². The molecular weight excluding hydrogens is 481 g/mol. The largest absolute Gasteiger partial charge is 0.743 e. The Morgan fingerprint density at radius 2 is 1.38 bits per heavy atom. The van der Waals surface area contributed by atoms with Crippen molar-refractivity contribution in [3.8, 4) is 0 Å². The first-order chi connectivity index (χ1) is 14.2. The molecule has 0 aromatic heterocycles. The molecule has 1 N–H and O–H groups in total. The Bertz CT molecular complexity index is 1160. The molecule has 0 fully saturated rings. The normalized spacial score (nSPS) is 16.5. The Balaban J connectivity index is 0.000000227. The Kier molecular flexibility index (Phi) is 6.16. The lowest BCUT2D eigenvalue weighted by molar-refractivity contribution is -0.382. The second kappa shape index (κ2) is 7.61. The Morgan fingerprint density at radius 3 is 1.88 bits per heavy atom. The van der Waals surface area contributed by atoms with E-state index < -0.39 is 33.4 Å². The molecule has 0 spiro atoms. The molecule has 1 aliphatic rings. The van der Waals surface area contributed by atoms with Crippen molar-refractivity contribution in [3.63, 3.8) is 0 Å². The summed E-state index contributed by atoms with van der Waals surface area (Å²) in [6.07, 6.45) is -4.99. The summed E-state index contributed by atoms with van der Waals surface area (Å²) in [5.41, 5.74) is 2.79. The lowest BCUT2D eigenvalue weighted by atomic mass is 9.84. The molecule has 0 bridgehead atoms. The van der Waals surface area contributed by atoms with Gasteiger partial charge in [-0.05, 0) is 30.7 Å². The van der Waals surface area contributed by atoms with E-state index in [9.17, 15) is 52.5 Å². The van der Waals surface area contributed by atoms with Gasteiger partial charge in [-0.25, -0.2) is 13.4 Å². The van der Waals surface area contributed by atoms with Crippen LogP contribution in [-0.4, -0.2) is 42.5 Å². The third-order valence-electron chi connectivity index (χ3n) is 4.59. The van der Waals surface area contributed by atoms with Crippen LogP contribution < -0.4 is 4.99 Å². The third-order valence-corrected chi connectivity index (χ3v) is 5.48. The molecule has 0 aliphatic carbocycles. The molecule has 0 saturated carbocycles. The van der Waals surface area contributed by atoms with Crippen molar-refractivity contribution in [2.24, 2.45) is 0 Å². The van der Waals surface area contributed by atoms with Crippen molar-refractivity contribution in [2.45, 2.75) is 42.5 Å². The van der Waals surface area contributed by atoms with E-state index in [4.69, 9.17) is 0 Å². The number of fused-ring (bicyclic) bond motifs is 3. The number of rotatable bonds is 3. The smallest absolute Gasteiger partial charge is 0.460 e. The average Bonchev–Trinajstić information content (AvgIpc) is 2.95. The minimum atomic E-state index is -7.43. The Morgan fingerprint density at radius 1 is 0.844 bits per heavy atom. The van der Waals surface area contributed by atoms with Gasteiger partial charge in [0.15, 0.2) is 16.3 Å². The molecule has 3 rings (SSSR count). The zero-order valence-electron chi connectivity index (χ0n) is 16.1. The number of hydrogen-bond acceptors (Lipinski definition) is 3. The number of nitrogens with one attached hydrogen (secondary N) is 1. The summed E-state index contributed by atoms with van der Waals surface area (Å²) >= 11 is 0. The molecule has 0 unspecified atom stereocenters. The minimum absolute atomic E-state index is 0.121. The van der Waals surface area contributed by atoms with E-state index >= 15 is 0 Å². The summed E-state index contributed by atoms with van der Waals surface area (Å²) in [4.78, 5) is 3.36. The summed E-state index contributed by atoms with van der Waals surface area (Å²) < 4.78 is 135. The Labute approximate surface area is 175 Å². The molecule has 0 radical (unpaired) electrons. The van der Waals surface area contributed by atoms with Crippen LogP contribution in [0.1, 0.15) is 19.4 Å². The van der Waals surface area contributed by atoms with Gasteiger partial charge in [0.2, 0.25) is 5.69 Å². The molecule has 0 saturated heterocycles. The van der Waals surface area contributed by atoms with Crippen LogP contribution in [0.25, 0.3) is 10.8 Å². The highest BCUT2D eigenvalue weighted by Gasteiger charge is 2.83. The lowest BCUT2D eigenvalue weighted by Gasteiger charge is -2.34. The average molecular weight is 495 g/mol. The molecule has 14 heteroatoms. The molecule has 0 atom stereocenters. The topological polar surface area (TPSA) is 71.2 Å². The van der Waals surface area contributed by atoms with Gasteiger partial charge in [0.25, 0.3) is 0 Å². The van der Waals surface area contributed by atoms with Crippen LogP contribution in [0.3, 0.4) is 0 Å². The van der Waals surface area contributed by atoms with Gasteiger partial charge in [0.1, 0.15) is 0 Å². The summed E-state index contributed by atoms with van der Waals surface area (Å²) in [5, 5.41) is -4.43. The fourth-order valence-corrected chi connectivity index (χ4v) is 3.38. The molecule has 4 nitrogen and oxygen atoms in total. The van der Waals surface area contributed by atoms with Crippen LogP contribution in [-0.2, 0) is 15.5 Å². The van der Waals surface area contributed by atoms with Gasteiger partial charge >= 0.3 is 23.3 Å². The number of alkyl halides is 9. The highest BCUT2D eigenvalue weighted by atomic mass is 32.2. The van der Waals surface area contributed by atoms with Gasteiger partial charge in [0, 0.05) is 11.6 Å². The van der Waals surface area contributed by atoms with Crippen LogP contribution in [0.15, 0.2) is 36.4 Å². The maximum absolute atomic E-state index is 12.2. The molecule has 0 amide bonds. The SMILES string of the molecule is CC1(C)C=[NH+]c2ccc3ccccc3c21.O=S(=O)([O-])C(F)(F)C(F)(F)C(F)(F)C(F)(F)F. The predicted molar refractivity (Wildman–Crippen MR) is 94.3 cm³/mol. The minimum Gasteiger partial charge on any atom is -0.743 e. The summed E-state index contributed by atoms with van der Waals surface area (Å²) in [5.74, 6) is -14.8. The van der Waals surface area contributed by atoms with Gasteiger partial charge in [0.05, 0.1) is 5.41 Å². The number of halogens is 9. The highest BCUT2D eigenvalue weighted by Crippen LogP contribution is 2.54. The van der Waals surface area contributed by atoms with Crippen molar-refractivity contribution < 1.29 is 57.5 Å². The molecule has 32 heavy (non-hydrogen) atoms. The van der Waals surface area contributed by atoms with Crippen LogP contribution in [0.2, 0.25) is 0 Å². The van der Waals surface area contributed by atoms with Crippen molar-refractivity contribution in [1.82, 2.24) is 0 Å². The maximum atomic E-state index is 12.2. The van der Waals surface area contributed by atoms with E-state index in [1.165, 1.54) is 22.0 Å².